The summed E-state index contributed by atoms with van der Waals surface area (Å²) in [5.74, 6) is -0.175. The number of rotatable bonds is 7. The van der Waals surface area contributed by atoms with Crippen LogP contribution in [0.3, 0.4) is 0 Å². The lowest BCUT2D eigenvalue weighted by Gasteiger charge is -2.30. The van der Waals surface area contributed by atoms with Gasteiger partial charge in [0.15, 0.2) is 0 Å². The summed E-state index contributed by atoms with van der Waals surface area (Å²) in [5, 5.41) is 2.92. The SMILES string of the molecule is Cc1cccc(CC(=O)N(Cc2ccccc2C)[C@@H](C)C(=O)NC(C)C)c1. The van der Waals surface area contributed by atoms with E-state index < -0.39 is 6.04 Å². The highest BCUT2D eigenvalue weighted by atomic mass is 16.2. The predicted octanol–water partition coefficient (Wildman–Crippen LogP) is 3.79. The monoisotopic (exact) mass is 366 g/mol. The molecule has 144 valence electrons. The smallest absolute Gasteiger partial charge is 0.242 e. The summed E-state index contributed by atoms with van der Waals surface area (Å²) in [6.45, 7) is 10.1. The van der Waals surface area contributed by atoms with E-state index in [-0.39, 0.29) is 24.3 Å². The van der Waals surface area contributed by atoms with Crippen LogP contribution in [0.25, 0.3) is 0 Å². The second-order valence-corrected chi connectivity index (χ2v) is 7.45. The number of nitrogens with one attached hydrogen (secondary N) is 1. The van der Waals surface area contributed by atoms with Gasteiger partial charge < -0.3 is 10.2 Å². The summed E-state index contributed by atoms with van der Waals surface area (Å²) in [4.78, 5) is 27.4. The van der Waals surface area contributed by atoms with Crippen LogP contribution < -0.4 is 5.32 Å². The van der Waals surface area contributed by atoms with Crippen molar-refractivity contribution in [3.63, 3.8) is 0 Å². The molecule has 0 radical (unpaired) electrons. The van der Waals surface area contributed by atoms with Gasteiger partial charge >= 0.3 is 0 Å². The highest BCUT2D eigenvalue weighted by Crippen LogP contribution is 2.16. The number of benzene rings is 2. The molecular formula is C23H30N2O2. The Balaban J connectivity index is 2.26. The fourth-order valence-electron chi connectivity index (χ4n) is 3.06. The van der Waals surface area contributed by atoms with E-state index >= 15 is 0 Å². The Labute approximate surface area is 162 Å². The molecule has 0 aliphatic rings. The Bertz CT molecular complexity index is 798. The molecule has 1 N–H and O–H groups in total. The fourth-order valence-corrected chi connectivity index (χ4v) is 3.06. The average molecular weight is 367 g/mol. The van der Waals surface area contributed by atoms with Gasteiger partial charge in [-0.15, -0.1) is 0 Å². The van der Waals surface area contributed by atoms with Crippen LogP contribution in [0.4, 0.5) is 0 Å². The molecule has 0 unspecified atom stereocenters. The molecular weight excluding hydrogens is 336 g/mol. The van der Waals surface area contributed by atoms with Crippen molar-refractivity contribution in [1.29, 1.82) is 0 Å². The van der Waals surface area contributed by atoms with Crippen molar-refractivity contribution in [2.75, 3.05) is 0 Å². The van der Waals surface area contributed by atoms with Gasteiger partial charge in [-0.3, -0.25) is 9.59 Å². The molecule has 0 spiro atoms. The molecule has 0 aliphatic heterocycles. The maximum absolute atomic E-state index is 13.1. The van der Waals surface area contributed by atoms with E-state index in [0.29, 0.717) is 6.54 Å². The van der Waals surface area contributed by atoms with E-state index in [1.807, 2.05) is 76.2 Å². The van der Waals surface area contributed by atoms with E-state index in [1.165, 1.54) is 0 Å². The zero-order valence-electron chi connectivity index (χ0n) is 17.0. The zero-order valence-corrected chi connectivity index (χ0v) is 17.0. The molecule has 2 amide bonds. The number of aryl methyl sites for hydroxylation is 2. The minimum absolute atomic E-state index is 0.0344. The topological polar surface area (TPSA) is 49.4 Å². The number of carbonyl (C=O) groups excluding carboxylic acids is 2. The van der Waals surface area contributed by atoms with Crippen LogP contribution in [0.15, 0.2) is 48.5 Å². The summed E-state index contributed by atoms with van der Waals surface area (Å²) in [7, 11) is 0. The molecule has 0 saturated carbocycles. The van der Waals surface area contributed by atoms with Crippen LogP contribution in [-0.2, 0) is 22.6 Å². The highest BCUT2D eigenvalue weighted by Gasteiger charge is 2.26. The van der Waals surface area contributed by atoms with Crippen molar-refractivity contribution in [2.24, 2.45) is 0 Å². The van der Waals surface area contributed by atoms with E-state index in [4.69, 9.17) is 0 Å². The Morgan fingerprint density at radius 3 is 2.33 bits per heavy atom. The number of nitrogens with zero attached hydrogens (tertiary/aromatic N) is 1. The lowest BCUT2D eigenvalue weighted by molar-refractivity contribution is -0.140. The summed E-state index contributed by atoms with van der Waals surface area (Å²) in [6.07, 6.45) is 0.285. The number of amides is 2. The molecule has 0 aromatic heterocycles. The largest absolute Gasteiger partial charge is 0.352 e. The molecule has 2 aromatic rings. The number of hydrogen-bond donors (Lipinski definition) is 1. The average Bonchev–Trinajstić information content (AvgIpc) is 2.59. The van der Waals surface area contributed by atoms with Gasteiger partial charge in [0.05, 0.1) is 6.42 Å². The van der Waals surface area contributed by atoms with Crippen molar-refractivity contribution in [2.45, 2.75) is 59.7 Å². The summed E-state index contributed by atoms with van der Waals surface area (Å²) < 4.78 is 0. The first kappa shape index (κ1) is 20.7. The van der Waals surface area contributed by atoms with E-state index in [1.54, 1.807) is 11.8 Å². The van der Waals surface area contributed by atoms with Gasteiger partial charge in [-0.2, -0.15) is 0 Å². The molecule has 0 saturated heterocycles. The normalized spacial score (nSPS) is 11.9. The first-order valence-electron chi connectivity index (χ1n) is 9.48. The molecule has 27 heavy (non-hydrogen) atoms. The quantitative estimate of drug-likeness (QED) is 0.810. The van der Waals surface area contributed by atoms with Gasteiger partial charge in [-0.1, -0.05) is 54.1 Å². The van der Waals surface area contributed by atoms with Crippen molar-refractivity contribution in [3.05, 3.63) is 70.8 Å². The van der Waals surface area contributed by atoms with Crippen LogP contribution in [0.5, 0.6) is 0 Å². The standard InChI is InChI=1S/C23H30N2O2/c1-16(2)24-23(27)19(5)25(15-21-12-7-6-10-18(21)4)22(26)14-20-11-8-9-17(3)13-20/h6-13,16,19H,14-15H2,1-5H3,(H,24,27)/t19-/m0/s1. The predicted molar refractivity (Wildman–Crippen MR) is 109 cm³/mol. The Hall–Kier alpha value is -2.62. The molecule has 4 heteroatoms. The van der Waals surface area contributed by atoms with Crippen LogP contribution in [-0.4, -0.2) is 28.8 Å². The highest BCUT2D eigenvalue weighted by molar-refractivity contribution is 5.88. The second-order valence-electron chi connectivity index (χ2n) is 7.45. The van der Waals surface area contributed by atoms with Gasteiger partial charge in [-0.25, -0.2) is 0 Å². The van der Waals surface area contributed by atoms with E-state index in [9.17, 15) is 9.59 Å². The Morgan fingerprint density at radius 2 is 1.70 bits per heavy atom. The van der Waals surface area contributed by atoms with Gasteiger partial charge in [0, 0.05) is 12.6 Å². The maximum atomic E-state index is 13.1. The molecule has 0 aliphatic carbocycles. The molecule has 4 nitrogen and oxygen atoms in total. The van der Waals surface area contributed by atoms with E-state index in [2.05, 4.69) is 5.32 Å². The fraction of sp³-hybridized carbons (Fsp3) is 0.391. The van der Waals surface area contributed by atoms with Crippen molar-refractivity contribution >= 4 is 11.8 Å². The summed E-state index contributed by atoms with van der Waals surface area (Å²) in [5.41, 5.74) is 4.25. The van der Waals surface area contributed by atoms with Gasteiger partial charge in [0.2, 0.25) is 11.8 Å². The summed E-state index contributed by atoms with van der Waals surface area (Å²) in [6, 6.07) is 15.4. The van der Waals surface area contributed by atoms with Crippen LogP contribution in [0.1, 0.15) is 43.0 Å². The molecule has 1 atom stereocenters. The van der Waals surface area contributed by atoms with Gasteiger partial charge in [0.25, 0.3) is 0 Å². The first-order valence-corrected chi connectivity index (χ1v) is 9.48. The number of carbonyl (C=O) groups is 2. The third kappa shape index (κ3) is 5.95. The van der Waals surface area contributed by atoms with E-state index in [0.717, 1.165) is 22.3 Å². The Morgan fingerprint density at radius 1 is 1.00 bits per heavy atom. The van der Waals surface area contributed by atoms with Crippen molar-refractivity contribution in [3.8, 4) is 0 Å². The minimum atomic E-state index is -0.538. The van der Waals surface area contributed by atoms with Gasteiger partial charge in [0.1, 0.15) is 6.04 Å². The Kier molecular flexibility index (Phi) is 7.17. The third-order valence-corrected chi connectivity index (χ3v) is 4.64. The molecule has 0 fully saturated rings. The third-order valence-electron chi connectivity index (χ3n) is 4.64. The van der Waals surface area contributed by atoms with Crippen LogP contribution >= 0.6 is 0 Å². The zero-order chi connectivity index (χ0) is 20.0. The van der Waals surface area contributed by atoms with Crippen molar-refractivity contribution < 1.29 is 9.59 Å². The first-order chi connectivity index (χ1) is 12.8. The molecule has 2 rings (SSSR count). The minimum Gasteiger partial charge on any atom is -0.352 e. The van der Waals surface area contributed by atoms with Crippen LogP contribution in [0.2, 0.25) is 0 Å². The summed E-state index contributed by atoms with van der Waals surface area (Å²) >= 11 is 0. The second kappa shape index (κ2) is 9.36. The molecule has 0 bridgehead atoms. The molecule has 0 heterocycles. The van der Waals surface area contributed by atoms with Crippen molar-refractivity contribution in [1.82, 2.24) is 10.2 Å². The lowest BCUT2D eigenvalue weighted by atomic mass is 10.0. The van der Waals surface area contributed by atoms with Crippen LogP contribution in [0, 0.1) is 13.8 Å². The maximum Gasteiger partial charge on any atom is 0.242 e. The number of hydrogen-bond acceptors (Lipinski definition) is 2. The molecule has 2 aromatic carbocycles. The lowest BCUT2D eigenvalue weighted by Crippen LogP contribution is -2.49. The van der Waals surface area contributed by atoms with Gasteiger partial charge in [-0.05, 0) is 51.3 Å².